The van der Waals surface area contributed by atoms with Gasteiger partial charge in [-0.05, 0) is 23.3 Å². The molecule has 0 radical (unpaired) electrons. The molecule has 206 valence electrons. The fraction of sp³-hybridized carbons (Fsp3) is 0.429. The first kappa shape index (κ1) is 29.1. The van der Waals surface area contributed by atoms with Crippen LogP contribution in [0.4, 0.5) is 0 Å². The van der Waals surface area contributed by atoms with Crippen LogP contribution in [-0.4, -0.2) is 93.9 Å². The first-order valence-electron chi connectivity index (χ1n) is 13.1. The molecule has 1 atom stereocenters. The number of benzene rings is 2. The van der Waals surface area contributed by atoms with Gasteiger partial charge < -0.3 is 36.4 Å². The molecule has 10 nitrogen and oxygen atoms in total. The van der Waals surface area contributed by atoms with E-state index < -0.39 is 6.04 Å². The van der Waals surface area contributed by atoms with Gasteiger partial charge in [0.1, 0.15) is 6.04 Å². The van der Waals surface area contributed by atoms with E-state index in [0.717, 1.165) is 63.5 Å². The molecular weight excluding hydrogens is 484 g/mol. The molecule has 2 amide bonds. The van der Waals surface area contributed by atoms with Gasteiger partial charge in [0, 0.05) is 58.9 Å². The van der Waals surface area contributed by atoms with Crippen molar-refractivity contribution in [1.29, 1.82) is 0 Å². The summed E-state index contributed by atoms with van der Waals surface area (Å²) in [6.07, 6.45) is 3.38. The zero-order chi connectivity index (χ0) is 27.0. The predicted octanol–water partition coefficient (Wildman–Crippen LogP) is 0.300. The third-order valence-electron chi connectivity index (χ3n) is 6.13. The van der Waals surface area contributed by atoms with Gasteiger partial charge in [-0.3, -0.25) is 14.5 Å². The Morgan fingerprint density at radius 3 is 2.32 bits per heavy atom. The monoisotopic (exact) mass is 524 g/mol. The van der Waals surface area contributed by atoms with Gasteiger partial charge in [-0.25, -0.2) is 0 Å². The molecule has 1 fully saturated rings. The van der Waals surface area contributed by atoms with Crippen LogP contribution in [-0.2, 0) is 16.1 Å². The van der Waals surface area contributed by atoms with Gasteiger partial charge >= 0.3 is 0 Å². The van der Waals surface area contributed by atoms with Crippen molar-refractivity contribution < 1.29 is 19.4 Å². The van der Waals surface area contributed by atoms with E-state index in [9.17, 15) is 14.7 Å². The molecule has 1 heterocycles. The van der Waals surface area contributed by atoms with E-state index in [0.29, 0.717) is 12.3 Å². The third kappa shape index (κ3) is 10.5. The molecule has 0 aliphatic carbocycles. The number of aromatic hydroxyl groups is 1. The first-order valence-corrected chi connectivity index (χ1v) is 13.1. The molecule has 0 spiro atoms. The Labute approximate surface area is 224 Å². The Hall–Kier alpha value is -3.44. The molecule has 2 aromatic carbocycles. The van der Waals surface area contributed by atoms with Gasteiger partial charge in [-0.2, -0.15) is 0 Å². The lowest BCUT2D eigenvalue weighted by atomic mass is 10.1. The number of carbonyl (C=O) groups is 2. The van der Waals surface area contributed by atoms with E-state index >= 15 is 0 Å². The molecule has 0 saturated carbocycles. The van der Waals surface area contributed by atoms with Crippen molar-refractivity contribution in [3.05, 3.63) is 65.7 Å². The van der Waals surface area contributed by atoms with Crippen LogP contribution in [0.15, 0.2) is 54.6 Å². The standard InChI is InChI=1S/C28H40N6O4/c1-38-26-19-22(8-10-25(26)35)7-9-24(28(37)32-20-23-5-3-2-4-6-23)33-27(36)21-34-17-15-30-13-11-29-12-14-31-16-18-34/h2-10,19,24,29-31,35H,11-18,20-21H2,1H3,(H,32,37)(H,33,36)/b9-7+. The molecule has 1 unspecified atom stereocenters. The van der Waals surface area contributed by atoms with Gasteiger partial charge in [0.05, 0.1) is 13.7 Å². The number of amides is 2. The maximum Gasteiger partial charge on any atom is 0.246 e. The number of methoxy groups -OCH3 is 1. The lowest BCUT2D eigenvalue weighted by molar-refractivity contribution is -0.128. The smallest absolute Gasteiger partial charge is 0.246 e. The van der Waals surface area contributed by atoms with Gasteiger partial charge in [0.15, 0.2) is 11.5 Å². The SMILES string of the molecule is COc1cc(/C=C/C(NC(=O)CN2CCNCCNCCNCC2)C(=O)NCc2ccccc2)ccc1O. The van der Waals surface area contributed by atoms with Crippen molar-refractivity contribution in [3.63, 3.8) is 0 Å². The molecule has 10 heteroatoms. The summed E-state index contributed by atoms with van der Waals surface area (Å²) < 4.78 is 5.18. The molecule has 1 aliphatic heterocycles. The highest BCUT2D eigenvalue weighted by Gasteiger charge is 2.20. The van der Waals surface area contributed by atoms with E-state index in [1.165, 1.54) is 13.2 Å². The quantitative estimate of drug-likeness (QED) is 0.277. The summed E-state index contributed by atoms with van der Waals surface area (Å²) in [7, 11) is 1.47. The largest absolute Gasteiger partial charge is 0.504 e. The number of carbonyl (C=O) groups excluding carboxylic acids is 2. The minimum Gasteiger partial charge on any atom is -0.504 e. The van der Waals surface area contributed by atoms with Gasteiger partial charge in [0.2, 0.25) is 11.8 Å². The maximum absolute atomic E-state index is 13.1. The number of ether oxygens (including phenoxy) is 1. The van der Waals surface area contributed by atoms with Crippen molar-refractivity contribution in [2.75, 3.05) is 66.0 Å². The van der Waals surface area contributed by atoms with Crippen LogP contribution in [0.3, 0.4) is 0 Å². The van der Waals surface area contributed by atoms with Crippen molar-refractivity contribution in [3.8, 4) is 11.5 Å². The van der Waals surface area contributed by atoms with E-state index in [-0.39, 0.29) is 24.1 Å². The molecule has 1 saturated heterocycles. The summed E-state index contributed by atoms with van der Waals surface area (Å²) in [5.41, 5.74) is 1.69. The highest BCUT2D eigenvalue weighted by Crippen LogP contribution is 2.26. The topological polar surface area (TPSA) is 127 Å². The Morgan fingerprint density at radius 1 is 1.00 bits per heavy atom. The van der Waals surface area contributed by atoms with Crippen LogP contribution in [0.5, 0.6) is 11.5 Å². The Balaban J connectivity index is 1.66. The van der Waals surface area contributed by atoms with Crippen LogP contribution in [0.25, 0.3) is 6.08 Å². The molecule has 38 heavy (non-hydrogen) atoms. The van der Waals surface area contributed by atoms with Crippen molar-refractivity contribution in [2.24, 2.45) is 0 Å². The molecular formula is C28H40N6O4. The molecule has 2 aromatic rings. The fourth-order valence-electron chi connectivity index (χ4n) is 4.00. The Kier molecular flexibility index (Phi) is 12.6. The van der Waals surface area contributed by atoms with Crippen molar-refractivity contribution >= 4 is 17.9 Å². The van der Waals surface area contributed by atoms with Crippen LogP contribution < -0.4 is 31.3 Å². The second kappa shape index (κ2) is 16.4. The second-order valence-electron chi connectivity index (χ2n) is 9.07. The minimum absolute atomic E-state index is 0.0291. The average molecular weight is 525 g/mol. The molecule has 3 rings (SSSR count). The van der Waals surface area contributed by atoms with E-state index in [1.54, 1.807) is 24.3 Å². The summed E-state index contributed by atoms with van der Waals surface area (Å²) in [5.74, 6) is -0.184. The zero-order valence-electron chi connectivity index (χ0n) is 22.0. The van der Waals surface area contributed by atoms with Crippen molar-refractivity contribution in [2.45, 2.75) is 12.6 Å². The predicted molar refractivity (Wildman–Crippen MR) is 149 cm³/mol. The Morgan fingerprint density at radius 2 is 1.66 bits per heavy atom. The van der Waals surface area contributed by atoms with Crippen LogP contribution in [0.2, 0.25) is 0 Å². The number of hydrogen-bond donors (Lipinski definition) is 6. The molecule has 6 N–H and O–H groups in total. The maximum atomic E-state index is 13.1. The summed E-state index contributed by atoms with van der Waals surface area (Å²) in [6, 6.07) is 13.6. The number of nitrogens with one attached hydrogen (secondary N) is 5. The first-order chi connectivity index (χ1) is 18.5. The molecule has 0 bridgehead atoms. The summed E-state index contributed by atoms with van der Waals surface area (Å²) in [5, 5.41) is 25.8. The number of hydrogen-bond acceptors (Lipinski definition) is 8. The van der Waals surface area contributed by atoms with E-state index in [2.05, 4.69) is 31.5 Å². The fourth-order valence-corrected chi connectivity index (χ4v) is 4.00. The normalized spacial score (nSPS) is 16.7. The number of rotatable bonds is 9. The Bertz CT molecular complexity index is 1020. The number of nitrogens with zero attached hydrogens (tertiary/aromatic N) is 1. The van der Waals surface area contributed by atoms with E-state index in [4.69, 9.17) is 4.74 Å². The van der Waals surface area contributed by atoms with Gasteiger partial charge in [0.25, 0.3) is 0 Å². The van der Waals surface area contributed by atoms with Gasteiger partial charge in [-0.15, -0.1) is 0 Å². The van der Waals surface area contributed by atoms with Crippen LogP contribution in [0.1, 0.15) is 11.1 Å². The highest BCUT2D eigenvalue weighted by atomic mass is 16.5. The zero-order valence-corrected chi connectivity index (χ0v) is 22.0. The van der Waals surface area contributed by atoms with E-state index in [1.807, 2.05) is 30.3 Å². The third-order valence-corrected chi connectivity index (χ3v) is 6.13. The number of phenolic OH excluding ortho intramolecular Hbond substituents is 1. The average Bonchev–Trinajstić information content (AvgIpc) is 2.92. The van der Waals surface area contributed by atoms with Crippen LogP contribution in [0, 0.1) is 0 Å². The van der Waals surface area contributed by atoms with Crippen molar-refractivity contribution in [1.82, 2.24) is 31.5 Å². The minimum atomic E-state index is -0.874. The summed E-state index contributed by atoms with van der Waals surface area (Å²) in [6.45, 7) is 7.09. The lowest BCUT2D eigenvalue weighted by Crippen LogP contribution is -2.50. The highest BCUT2D eigenvalue weighted by molar-refractivity contribution is 5.90. The molecule has 1 aliphatic rings. The second-order valence-corrected chi connectivity index (χ2v) is 9.07. The van der Waals surface area contributed by atoms with Crippen LogP contribution >= 0.6 is 0 Å². The number of phenols is 1. The molecule has 0 aromatic heterocycles. The lowest BCUT2D eigenvalue weighted by Gasteiger charge is -2.24. The van der Waals surface area contributed by atoms with Gasteiger partial charge in [-0.1, -0.05) is 48.6 Å². The summed E-state index contributed by atoms with van der Waals surface area (Å²) in [4.78, 5) is 28.3. The summed E-state index contributed by atoms with van der Waals surface area (Å²) >= 11 is 0.